The first kappa shape index (κ1) is 18.4. The van der Waals surface area contributed by atoms with Gasteiger partial charge in [-0.15, -0.1) is 0 Å². The lowest BCUT2D eigenvalue weighted by Gasteiger charge is -2.36. The van der Waals surface area contributed by atoms with Gasteiger partial charge >= 0.3 is 5.69 Å². The second-order valence-corrected chi connectivity index (χ2v) is 6.87. The molecular weight excluding hydrogens is 356 g/mol. The van der Waals surface area contributed by atoms with Crippen molar-refractivity contribution in [1.82, 2.24) is 14.0 Å². The van der Waals surface area contributed by atoms with Crippen molar-refractivity contribution in [2.24, 2.45) is 14.1 Å². The number of aromatic nitrogens is 2. The van der Waals surface area contributed by atoms with Gasteiger partial charge in [-0.25, -0.2) is 4.79 Å². The Morgan fingerprint density at radius 2 is 1.62 bits per heavy atom. The number of ketones is 1. The van der Waals surface area contributed by atoms with E-state index in [0.29, 0.717) is 49.1 Å². The summed E-state index contributed by atoms with van der Waals surface area (Å²) in [6.07, 6.45) is 0. The fourth-order valence-corrected chi connectivity index (χ4v) is 3.22. The molecule has 3 rings (SSSR count). The molecule has 0 unspecified atom stereocenters. The third kappa shape index (κ3) is 3.73. The lowest BCUT2D eigenvalue weighted by molar-refractivity contribution is 0.0926. The highest BCUT2D eigenvalue weighted by Crippen LogP contribution is 2.14. The minimum Gasteiger partial charge on any atom is -0.355 e. The van der Waals surface area contributed by atoms with Crippen molar-refractivity contribution in [1.29, 1.82) is 0 Å². The number of benzene rings is 1. The number of carbonyl (C=O) groups excluding carboxylic acids is 1. The summed E-state index contributed by atoms with van der Waals surface area (Å²) in [5.74, 6) is 0.665. The standard InChI is InChI=1S/C18H21ClN4O3/c1-20-16(11-17(25)21(2)18(20)26)23-9-7-22(8-10-23)12-15(24)13-3-5-14(19)6-4-13/h3-6,11H,7-10,12H2,1-2H3. The van der Waals surface area contributed by atoms with Crippen LogP contribution in [0.25, 0.3) is 0 Å². The van der Waals surface area contributed by atoms with Crippen LogP contribution < -0.4 is 16.1 Å². The molecule has 2 aromatic rings. The van der Waals surface area contributed by atoms with Gasteiger partial charge in [0.15, 0.2) is 5.78 Å². The van der Waals surface area contributed by atoms with Crippen LogP contribution >= 0.6 is 11.6 Å². The maximum absolute atomic E-state index is 12.4. The number of hydrogen-bond donors (Lipinski definition) is 0. The molecule has 1 aromatic carbocycles. The van der Waals surface area contributed by atoms with Crippen LogP contribution in [0.15, 0.2) is 39.9 Å². The first-order chi connectivity index (χ1) is 12.4. The molecule has 0 radical (unpaired) electrons. The molecule has 1 aliphatic rings. The Morgan fingerprint density at radius 1 is 1.00 bits per heavy atom. The number of piperazine rings is 1. The van der Waals surface area contributed by atoms with Crippen molar-refractivity contribution >= 4 is 23.2 Å². The Hall–Kier alpha value is -2.38. The molecule has 0 saturated carbocycles. The van der Waals surface area contributed by atoms with E-state index in [1.165, 1.54) is 17.7 Å². The van der Waals surface area contributed by atoms with Crippen LogP contribution in [0.5, 0.6) is 0 Å². The van der Waals surface area contributed by atoms with Crippen LogP contribution in [0.1, 0.15) is 10.4 Å². The highest BCUT2D eigenvalue weighted by Gasteiger charge is 2.22. The number of halogens is 1. The van der Waals surface area contributed by atoms with E-state index >= 15 is 0 Å². The van der Waals surface area contributed by atoms with Crippen molar-refractivity contribution in [3.05, 3.63) is 61.8 Å². The second-order valence-electron chi connectivity index (χ2n) is 6.43. The molecule has 1 aromatic heterocycles. The van der Waals surface area contributed by atoms with Crippen molar-refractivity contribution in [2.45, 2.75) is 0 Å². The maximum atomic E-state index is 12.4. The highest BCUT2D eigenvalue weighted by molar-refractivity contribution is 6.30. The molecule has 8 heteroatoms. The van der Waals surface area contributed by atoms with E-state index in [0.717, 1.165) is 4.57 Å². The third-order valence-electron chi connectivity index (χ3n) is 4.73. The Kier molecular flexibility index (Phi) is 5.29. The van der Waals surface area contributed by atoms with Gasteiger partial charge in [0.05, 0.1) is 6.54 Å². The van der Waals surface area contributed by atoms with E-state index in [1.807, 2.05) is 4.90 Å². The zero-order chi connectivity index (χ0) is 18.8. The monoisotopic (exact) mass is 376 g/mol. The summed E-state index contributed by atoms with van der Waals surface area (Å²) in [4.78, 5) is 40.4. The molecule has 0 N–H and O–H groups in total. The first-order valence-electron chi connectivity index (χ1n) is 8.40. The van der Waals surface area contributed by atoms with Crippen LogP contribution in [0.4, 0.5) is 5.82 Å². The number of nitrogens with zero attached hydrogens (tertiary/aromatic N) is 4. The van der Waals surface area contributed by atoms with Gasteiger partial charge in [-0.05, 0) is 24.3 Å². The molecule has 138 valence electrons. The van der Waals surface area contributed by atoms with Crippen LogP contribution in [-0.2, 0) is 14.1 Å². The molecule has 7 nitrogen and oxygen atoms in total. The van der Waals surface area contributed by atoms with Crippen LogP contribution in [0, 0.1) is 0 Å². The predicted octanol–water partition coefficient (Wildman–Crippen LogP) is 0.742. The van der Waals surface area contributed by atoms with E-state index in [2.05, 4.69) is 4.90 Å². The SMILES string of the molecule is Cn1c(N2CCN(CC(=O)c3ccc(Cl)cc3)CC2)cc(=O)n(C)c1=O. The number of Topliss-reactive ketones (excluding diaryl/α,β-unsaturated/α-hetero) is 1. The van der Waals surface area contributed by atoms with Crippen LogP contribution in [-0.4, -0.2) is 52.5 Å². The minimum atomic E-state index is -0.340. The summed E-state index contributed by atoms with van der Waals surface area (Å²) in [7, 11) is 3.13. The lowest BCUT2D eigenvalue weighted by Crippen LogP contribution is -2.50. The first-order valence-corrected chi connectivity index (χ1v) is 8.78. The number of hydrogen-bond acceptors (Lipinski definition) is 5. The lowest BCUT2D eigenvalue weighted by atomic mass is 10.1. The second kappa shape index (κ2) is 7.47. The number of carbonyl (C=O) groups is 1. The summed E-state index contributed by atoms with van der Waals surface area (Å²) in [5.41, 5.74) is -0.0120. The molecule has 0 bridgehead atoms. The van der Waals surface area contributed by atoms with Gasteiger partial charge in [-0.3, -0.25) is 23.6 Å². The van der Waals surface area contributed by atoms with Crippen molar-refractivity contribution in [3.8, 4) is 0 Å². The van der Waals surface area contributed by atoms with E-state index in [4.69, 9.17) is 11.6 Å². The number of rotatable bonds is 4. The van der Waals surface area contributed by atoms with Gasteiger partial charge in [0.25, 0.3) is 5.56 Å². The predicted molar refractivity (Wildman–Crippen MR) is 101 cm³/mol. The molecule has 1 aliphatic heterocycles. The summed E-state index contributed by atoms with van der Waals surface area (Å²) in [5, 5.41) is 0.606. The van der Waals surface area contributed by atoms with Gasteiger partial charge in [0, 0.05) is 56.9 Å². The molecule has 0 atom stereocenters. The van der Waals surface area contributed by atoms with Gasteiger partial charge in [-0.1, -0.05) is 11.6 Å². The van der Waals surface area contributed by atoms with Crippen molar-refractivity contribution < 1.29 is 4.79 Å². The molecule has 1 saturated heterocycles. The molecule has 0 spiro atoms. The van der Waals surface area contributed by atoms with Gasteiger partial charge in [0.1, 0.15) is 5.82 Å². The quantitative estimate of drug-likeness (QED) is 0.736. The summed E-state index contributed by atoms with van der Waals surface area (Å²) in [6, 6.07) is 8.37. The largest absolute Gasteiger partial charge is 0.355 e. The summed E-state index contributed by atoms with van der Waals surface area (Å²) >= 11 is 5.85. The Labute approximate surface area is 156 Å². The molecule has 0 aliphatic carbocycles. The summed E-state index contributed by atoms with van der Waals surface area (Å²) in [6.45, 7) is 3.00. The topological polar surface area (TPSA) is 67.5 Å². The van der Waals surface area contributed by atoms with E-state index < -0.39 is 0 Å². The zero-order valence-corrected chi connectivity index (χ0v) is 15.6. The van der Waals surface area contributed by atoms with E-state index in [1.54, 1.807) is 31.3 Å². The molecule has 26 heavy (non-hydrogen) atoms. The average molecular weight is 377 g/mol. The number of anilines is 1. The summed E-state index contributed by atoms with van der Waals surface area (Å²) < 4.78 is 2.57. The zero-order valence-electron chi connectivity index (χ0n) is 14.8. The third-order valence-corrected chi connectivity index (χ3v) is 4.98. The van der Waals surface area contributed by atoms with Gasteiger partial charge in [0.2, 0.25) is 0 Å². The normalized spacial score (nSPS) is 15.3. The highest BCUT2D eigenvalue weighted by atomic mass is 35.5. The van der Waals surface area contributed by atoms with Gasteiger partial charge in [-0.2, -0.15) is 0 Å². The molecule has 2 heterocycles. The Morgan fingerprint density at radius 3 is 2.23 bits per heavy atom. The molecule has 0 amide bonds. The molecular formula is C18H21ClN4O3. The minimum absolute atomic E-state index is 0.0519. The smallest absolute Gasteiger partial charge is 0.332 e. The maximum Gasteiger partial charge on any atom is 0.332 e. The van der Waals surface area contributed by atoms with Crippen LogP contribution in [0.2, 0.25) is 5.02 Å². The van der Waals surface area contributed by atoms with E-state index in [-0.39, 0.29) is 17.0 Å². The fourth-order valence-electron chi connectivity index (χ4n) is 3.09. The van der Waals surface area contributed by atoms with E-state index in [9.17, 15) is 14.4 Å². The molecule has 1 fully saturated rings. The Balaban J connectivity index is 1.65. The average Bonchev–Trinajstić information content (AvgIpc) is 2.64. The van der Waals surface area contributed by atoms with Crippen molar-refractivity contribution in [2.75, 3.05) is 37.6 Å². The van der Waals surface area contributed by atoms with Crippen molar-refractivity contribution in [3.63, 3.8) is 0 Å². The van der Waals surface area contributed by atoms with Crippen LogP contribution in [0.3, 0.4) is 0 Å². The fraction of sp³-hybridized carbons (Fsp3) is 0.389. The van der Waals surface area contributed by atoms with Gasteiger partial charge < -0.3 is 4.90 Å². The Bertz CT molecular complexity index is 925.